The zero-order valence-corrected chi connectivity index (χ0v) is 17.5. The molecule has 1 atom stereocenters. The Morgan fingerprint density at radius 1 is 0.885 bits per heavy atom. The van der Waals surface area contributed by atoms with E-state index in [2.05, 4.69) is 92.5 Å². The Morgan fingerprint density at radius 2 is 1.42 bits per heavy atom. The van der Waals surface area contributed by atoms with Gasteiger partial charge in [-0.05, 0) is 59.0 Å². The number of hydrogen-bond donors (Lipinski definition) is 0. The average Bonchev–Trinajstić information content (AvgIpc) is 2.92. The van der Waals surface area contributed by atoms with E-state index in [-0.39, 0.29) is 17.6 Å². The van der Waals surface area contributed by atoms with Crippen LogP contribution in [0.5, 0.6) is 0 Å². The van der Waals surface area contributed by atoms with E-state index >= 15 is 0 Å². The summed E-state index contributed by atoms with van der Waals surface area (Å²) in [5.74, 6) is 0.512. The standard InChI is InChI=1S/C23H18Br2O/c1-14(26)11-20(15-5-3-2-4-6-15)23-21-12-16(24)7-9-18(21)19-10-8-17(25)13-22(19)23/h2-10,12-13,20,23H,11H2,1H3. The van der Waals surface area contributed by atoms with E-state index in [4.69, 9.17) is 0 Å². The predicted octanol–water partition coefficient (Wildman–Crippen LogP) is 7.09. The molecule has 3 aromatic carbocycles. The second kappa shape index (κ2) is 7.13. The van der Waals surface area contributed by atoms with E-state index in [0.717, 1.165) is 8.95 Å². The molecule has 1 aliphatic carbocycles. The summed E-state index contributed by atoms with van der Waals surface area (Å²) in [7, 11) is 0. The van der Waals surface area contributed by atoms with Crippen molar-refractivity contribution in [3.05, 3.63) is 92.4 Å². The van der Waals surface area contributed by atoms with Crippen LogP contribution in [0.3, 0.4) is 0 Å². The first-order valence-corrected chi connectivity index (χ1v) is 10.3. The summed E-state index contributed by atoms with van der Waals surface area (Å²) in [6, 6.07) is 23.4. The highest BCUT2D eigenvalue weighted by molar-refractivity contribution is 9.10. The van der Waals surface area contributed by atoms with E-state index in [1.165, 1.54) is 27.8 Å². The molecule has 0 bridgehead atoms. The molecule has 0 heterocycles. The van der Waals surface area contributed by atoms with Gasteiger partial charge in [0.25, 0.3) is 0 Å². The molecule has 1 nitrogen and oxygen atoms in total. The molecule has 0 aromatic heterocycles. The molecule has 0 amide bonds. The van der Waals surface area contributed by atoms with Crippen molar-refractivity contribution in [3.8, 4) is 11.1 Å². The average molecular weight is 470 g/mol. The third-order valence-corrected chi connectivity index (χ3v) is 6.11. The van der Waals surface area contributed by atoms with Gasteiger partial charge in [0, 0.05) is 27.2 Å². The van der Waals surface area contributed by atoms with Crippen molar-refractivity contribution in [3.63, 3.8) is 0 Å². The van der Waals surface area contributed by atoms with Gasteiger partial charge < -0.3 is 4.79 Å². The number of Topliss-reactive ketones (excluding diaryl/α,β-unsaturated/α-hetero) is 1. The zero-order valence-electron chi connectivity index (χ0n) is 14.4. The van der Waals surface area contributed by atoms with Gasteiger partial charge >= 0.3 is 0 Å². The molecule has 0 N–H and O–H groups in total. The van der Waals surface area contributed by atoms with Crippen LogP contribution in [-0.4, -0.2) is 5.78 Å². The lowest BCUT2D eigenvalue weighted by Gasteiger charge is -2.26. The van der Waals surface area contributed by atoms with Crippen molar-refractivity contribution in [2.75, 3.05) is 0 Å². The Bertz CT molecular complexity index is 927. The van der Waals surface area contributed by atoms with Crippen LogP contribution in [0.25, 0.3) is 11.1 Å². The Hall–Kier alpha value is -1.71. The van der Waals surface area contributed by atoms with Crippen LogP contribution < -0.4 is 0 Å². The molecule has 3 heteroatoms. The highest BCUT2D eigenvalue weighted by Gasteiger charge is 2.36. The van der Waals surface area contributed by atoms with Crippen LogP contribution in [0.15, 0.2) is 75.7 Å². The summed E-state index contributed by atoms with van der Waals surface area (Å²) in [6.07, 6.45) is 0.534. The van der Waals surface area contributed by atoms with Crippen LogP contribution in [-0.2, 0) is 4.79 Å². The quantitative estimate of drug-likeness (QED) is 0.398. The molecule has 0 fully saturated rings. The van der Waals surface area contributed by atoms with E-state index < -0.39 is 0 Å². The summed E-state index contributed by atoms with van der Waals surface area (Å²) in [5.41, 5.74) is 6.34. The van der Waals surface area contributed by atoms with Gasteiger partial charge in [0.15, 0.2) is 0 Å². The Morgan fingerprint density at radius 3 is 1.92 bits per heavy atom. The minimum Gasteiger partial charge on any atom is -0.300 e. The van der Waals surface area contributed by atoms with E-state index in [1.54, 1.807) is 6.92 Å². The van der Waals surface area contributed by atoms with Crippen molar-refractivity contribution >= 4 is 37.6 Å². The lowest BCUT2D eigenvalue weighted by atomic mass is 9.77. The monoisotopic (exact) mass is 468 g/mol. The van der Waals surface area contributed by atoms with Gasteiger partial charge in [-0.1, -0.05) is 74.3 Å². The summed E-state index contributed by atoms with van der Waals surface area (Å²) in [5, 5.41) is 0. The minimum atomic E-state index is 0.123. The fraction of sp³-hybridized carbons (Fsp3) is 0.174. The van der Waals surface area contributed by atoms with Crippen LogP contribution in [0.2, 0.25) is 0 Å². The molecule has 1 unspecified atom stereocenters. The first-order valence-electron chi connectivity index (χ1n) is 8.68. The molecule has 0 saturated heterocycles. The SMILES string of the molecule is CC(=O)CC(c1ccccc1)C1c2cc(Br)ccc2-c2ccc(Br)cc21. The van der Waals surface area contributed by atoms with E-state index in [1.807, 2.05) is 6.07 Å². The van der Waals surface area contributed by atoms with Crippen molar-refractivity contribution in [2.45, 2.75) is 25.2 Å². The third kappa shape index (κ3) is 3.19. The maximum absolute atomic E-state index is 12.1. The normalized spacial score (nSPS) is 14.0. The number of carbonyl (C=O) groups is 1. The maximum atomic E-state index is 12.1. The molecule has 3 aromatic rings. The minimum absolute atomic E-state index is 0.123. The van der Waals surface area contributed by atoms with Gasteiger partial charge in [-0.2, -0.15) is 0 Å². The number of rotatable bonds is 4. The molecule has 0 aliphatic heterocycles. The Kier molecular flexibility index (Phi) is 4.85. The predicted molar refractivity (Wildman–Crippen MR) is 114 cm³/mol. The van der Waals surface area contributed by atoms with Crippen molar-refractivity contribution < 1.29 is 4.79 Å². The molecule has 0 saturated carbocycles. The number of carbonyl (C=O) groups excluding carboxylic acids is 1. The van der Waals surface area contributed by atoms with Gasteiger partial charge in [0.1, 0.15) is 5.78 Å². The number of halogens is 2. The molecule has 1 aliphatic rings. The highest BCUT2D eigenvalue weighted by atomic mass is 79.9. The lowest BCUT2D eigenvalue weighted by molar-refractivity contribution is -0.117. The number of hydrogen-bond acceptors (Lipinski definition) is 1. The summed E-state index contributed by atoms with van der Waals surface area (Å²) < 4.78 is 2.14. The second-order valence-electron chi connectivity index (χ2n) is 6.86. The van der Waals surface area contributed by atoms with Crippen molar-refractivity contribution in [2.24, 2.45) is 0 Å². The number of ketones is 1. The Labute approximate surface area is 170 Å². The number of fused-ring (bicyclic) bond motifs is 3. The highest BCUT2D eigenvalue weighted by Crippen LogP contribution is 2.53. The number of benzene rings is 3. The van der Waals surface area contributed by atoms with Gasteiger partial charge in [-0.3, -0.25) is 0 Å². The van der Waals surface area contributed by atoms with E-state index in [0.29, 0.717) is 6.42 Å². The smallest absolute Gasteiger partial charge is 0.130 e. The topological polar surface area (TPSA) is 17.1 Å². The van der Waals surface area contributed by atoms with Gasteiger partial charge in [-0.15, -0.1) is 0 Å². The molecular formula is C23H18Br2O. The largest absolute Gasteiger partial charge is 0.300 e. The molecule has 130 valence electrons. The molecule has 0 spiro atoms. The summed E-state index contributed by atoms with van der Waals surface area (Å²) in [6.45, 7) is 1.69. The van der Waals surface area contributed by atoms with Gasteiger partial charge in [-0.25, -0.2) is 0 Å². The van der Waals surface area contributed by atoms with Gasteiger partial charge in [0.05, 0.1) is 0 Å². The van der Waals surface area contributed by atoms with Crippen LogP contribution in [0.4, 0.5) is 0 Å². The lowest BCUT2D eigenvalue weighted by Crippen LogP contribution is -2.14. The third-order valence-electron chi connectivity index (χ3n) is 5.12. The maximum Gasteiger partial charge on any atom is 0.130 e. The molecular weight excluding hydrogens is 452 g/mol. The first-order chi connectivity index (χ1) is 12.5. The van der Waals surface area contributed by atoms with Crippen LogP contribution in [0, 0.1) is 0 Å². The fourth-order valence-electron chi connectivity index (χ4n) is 4.11. The molecule has 0 radical (unpaired) electrons. The van der Waals surface area contributed by atoms with Crippen molar-refractivity contribution in [1.29, 1.82) is 0 Å². The summed E-state index contributed by atoms with van der Waals surface area (Å²) in [4.78, 5) is 12.1. The summed E-state index contributed by atoms with van der Waals surface area (Å²) >= 11 is 7.26. The van der Waals surface area contributed by atoms with Crippen LogP contribution >= 0.6 is 31.9 Å². The van der Waals surface area contributed by atoms with Crippen molar-refractivity contribution in [1.82, 2.24) is 0 Å². The van der Waals surface area contributed by atoms with Crippen LogP contribution in [0.1, 0.15) is 41.9 Å². The molecule has 4 rings (SSSR count). The second-order valence-corrected chi connectivity index (χ2v) is 8.70. The van der Waals surface area contributed by atoms with E-state index in [9.17, 15) is 4.79 Å². The zero-order chi connectivity index (χ0) is 18.3. The fourth-order valence-corrected chi connectivity index (χ4v) is 4.87. The first kappa shape index (κ1) is 17.7. The Balaban J connectivity index is 1.95. The van der Waals surface area contributed by atoms with Gasteiger partial charge in [0.2, 0.25) is 0 Å². The molecule has 26 heavy (non-hydrogen) atoms.